The van der Waals surface area contributed by atoms with E-state index in [2.05, 4.69) is 4.98 Å². The van der Waals surface area contributed by atoms with Gasteiger partial charge in [-0.05, 0) is 33.3 Å². The van der Waals surface area contributed by atoms with E-state index in [-0.39, 0.29) is 24.6 Å². The lowest BCUT2D eigenvalue weighted by Gasteiger charge is -2.30. The molecule has 25 heavy (non-hydrogen) atoms. The second-order valence-electron chi connectivity index (χ2n) is 6.54. The molecule has 5 nitrogen and oxygen atoms in total. The maximum Gasteiger partial charge on any atom is 0.233 e. The van der Waals surface area contributed by atoms with Crippen LogP contribution in [0, 0.1) is 0 Å². The first kappa shape index (κ1) is 19.5. The summed E-state index contributed by atoms with van der Waals surface area (Å²) in [5, 5.41) is 10.3. The number of benzene rings is 1. The van der Waals surface area contributed by atoms with Crippen LogP contribution in [-0.2, 0) is 17.9 Å². The van der Waals surface area contributed by atoms with Gasteiger partial charge in [-0.2, -0.15) is 0 Å². The SMILES string of the molecule is CC(C)N(C(=O)CSc1ncc(CO)n1Cc1ccccc1)C(C)C. The standard InChI is InChI=1S/C19H27N3O2S/c1-14(2)22(15(3)4)18(24)13-25-19-20-10-17(12-23)21(19)11-16-8-6-5-7-9-16/h5-10,14-15,23H,11-13H2,1-4H3. The first-order valence-electron chi connectivity index (χ1n) is 8.57. The molecule has 1 heterocycles. The molecule has 1 N–H and O–H groups in total. The fourth-order valence-electron chi connectivity index (χ4n) is 2.94. The van der Waals surface area contributed by atoms with Crippen molar-refractivity contribution in [3.8, 4) is 0 Å². The molecule has 136 valence electrons. The summed E-state index contributed by atoms with van der Waals surface area (Å²) in [6, 6.07) is 10.4. The van der Waals surface area contributed by atoms with Gasteiger partial charge in [0.25, 0.3) is 0 Å². The fraction of sp³-hybridized carbons (Fsp3) is 0.474. The Labute approximate surface area is 154 Å². The number of hydrogen-bond donors (Lipinski definition) is 1. The highest BCUT2D eigenvalue weighted by Crippen LogP contribution is 2.22. The molecule has 0 unspecified atom stereocenters. The van der Waals surface area contributed by atoms with Crippen molar-refractivity contribution in [2.45, 2.75) is 58.1 Å². The Hall–Kier alpha value is -1.79. The van der Waals surface area contributed by atoms with Crippen LogP contribution in [0.2, 0.25) is 0 Å². The molecule has 1 aromatic carbocycles. The number of hydrogen-bond acceptors (Lipinski definition) is 4. The zero-order valence-corrected chi connectivity index (χ0v) is 16.2. The molecule has 0 radical (unpaired) electrons. The van der Waals surface area contributed by atoms with Crippen molar-refractivity contribution in [3.05, 3.63) is 47.8 Å². The average Bonchev–Trinajstić information content (AvgIpc) is 2.95. The van der Waals surface area contributed by atoms with E-state index >= 15 is 0 Å². The predicted molar refractivity (Wildman–Crippen MR) is 102 cm³/mol. The van der Waals surface area contributed by atoms with Gasteiger partial charge in [-0.1, -0.05) is 42.1 Å². The van der Waals surface area contributed by atoms with Crippen molar-refractivity contribution in [2.75, 3.05) is 5.75 Å². The minimum absolute atomic E-state index is 0.0710. The summed E-state index contributed by atoms with van der Waals surface area (Å²) in [6.45, 7) is 8.68. The van der Waals surface area contributed by atoms with Crippen LogP contribution in [0.4, 0.5) is 0 Å². The Balaban J connectivity index is 2.12. The lowest BCUT2D eigenvalue weighted by Crippen LogP contribution is -2.43. The van der Waals surface area contributed by atoms with Gasteiger partial charge < -0.3 is 14.6 Å². The number of aromatic nitrogens is 2. The van der Waals surface area contributed by atoms with Crippen LogP contribution < -0.4 is 0 Å². The van der Waals surface area contributed by atoms with E-state index in [1.807, 2.05) is 67.5 Å². The molecule has 2 aromatic rings. The number of carbonyl (C=O) groups excluding carboxylic acids is 1. The van der Waals surface area contributed by atoms with E-state index < -0.39 is 0 Å². The number of thioether (sulfide) groups is 1. The monoisotopic (exact) mass is 361 g/mol. The minimum Gasteiger partial charge on any atom is -0.390 e. The summed E-state index contributed by atoms with van der Waals surface area (Å²) in [7, 11) is 0. The number of carbonyl (C=O) groups is 1. The van der Waals surface area contributed by atoms with E-state index in [1.54, 1.807) is 6.20 Å². The van der Waals surface area contributed by atoms with Crippen molar-refractivity contribution in [1.82, 2.24) is 14.5 Å². The Kier molecular flexibility index (Phi) is 7.08. The number of rotatable bonds is 8. The highest BCUT2D eigenvalue weighted by molar-refractivity contribution is 7.99. The van der Waals surface area contributed by atoms with Crippen LogP contribution in [0.25, 0.3) is 0 Å². The smallest absolute Gasteiger partial charge is 0.233 e. The largest absolute Gasteiger partial charge is 0.390 e. The molecule has 1 amide bonds. The van der Waals surface area contributed by atoms with Crippen molar-refractivity contribution in [2.24, 2.45) is 0 Å². The van der Waals surface area contributed by atoms with Gasteiger partial charge in [0.15, 0.2) is 5.16 Å². The maximum absolute atomic E-state index is 12.6. The van der Waals surface area contributed by atoms with Crippen molar-refractivity contribution < 1.29 is 9.90 Å². The second kappa shape index (κ2) is 9.06. The quantitative estimate of drug-likeness (QED) is 0.734. The van der Waals surface area contributed by atoms with Gasteiger partial charge in [0, 0.05) is 18.6 Å². The number of nitrogens with zero attached hydrogens (tertiary/aromatic N) is 3. The van der Waals surface area contributed by atoms with Crippen LogP contribution in [0.15, 0.2) is 41.7 Å². The molecule has 0 atom stereocenters. The van der Waals surface area contributed by atoms with Crippen LogP contribution in [0.5, 0.6) is 0 Å². The highest BCUT2D eigenvalue weighted by Gasteiger charge is 2.21. The summed E-state index contributed by atoms with van der Waals surface area (Å²) >= 11 is 1.42. The fourth-order valence-corrected chi connectivity index (χ4v) is 3.81. The summed E-state index contributed by atoms with van der Waals surface area (Å²) in [6.07, 6.45) is 1.68. The van der Waals surface area contributed by atoms with Gasteiger partial charge in [0.2, 0.25) is 5.91 Å². The number of amides is 1. The van der Waals surface area contributed by atoms with E-state index in [0.29, 0.717) is 12.3 Å². The van der Waals surface area contributed by atoms with Gasteiger partial charge in [-0.15, -0.1) is 0 Å². The van der Waals surface area contributed by atoms with Gasteiger partial charge in [-0.3, -0.25) is 4.79 Å². The normalized spacial score (nSPS) is 11.3. The van der Waals surface area contributed by atoms with Crippen LogP contribution in [0.3, 0.4) is 0 Å². The first-order valence-corrected chi connectivity index (χ1v) is 9.55. The van der Waals surface area contributed by atoms with E-state index in [9.17, 15) is 9.90 Å². The molecular formula is C19H27N3O2S. The topological polar surface area (TPSA) is 58.4 Å². The summed E-state index contributed by atoms with van der Waals surface area (Å²) in [4.78, 5) is 18.9. The zero-order valence-electron chi connectivity index (χ0n) is 15.3. The van der Waals surface area contributed by atoms with E-state index in [0.717, 1.165) is 16.4 Å². The zero-order chi connectivity index (χ0) is 18.4. The molecular weight excluding hydrogens is 334 g/mol. The van der Waals surface area contributed by atoms with E-state index in [4.69, 9.17) is 0 Å². The van der Waals surface area contributed by atoms with Gasteiger partial charge in [0.1, 0.15) is 0 Å². The van der Waals surface area contributed by atoms with Crippen LogP contribution >= 0.6 is 11.8 Å². The highest BCUT2D eigenvalue weighted by atomic mass is 32.2. The third kappa shape index (κ3) is 5.09. The predicted octanol–water partition coefficient (Wildman–Crippen LogP) is 3.16. The molecule has 0 fully saturated rings. The number of aliphatic hydroxyl groups is 1. The van der Waals surface area contributed by atoms with Gasteiger partial charge >= 0.3 is 0 Å². The van der Waals surface area contributed by atoms with Crippen molar-refractivity contribution >= 4 is 17.7 Å². The molecule has 0 saturated heterocycles. The summed E-state index contributed by atoms with van der Waals surface area (Å²) in [5.74, 6) is 0.447. The Bertz CT molecular complexity index is 675. The Morgan fingerprint density at radius 2 is 1.84 bits per heavy atom. The van der Waals surface area contributed by atoms with Gasteiger partial charge in [-0.25, -0.2) is 4.98 Å². The molecule has 2 rings (SSSR count). The lowest BCUT2D eigenvalue weighted by molar-refractivity contribution is -0.131. The van der Waals surface area contributed by atoms with Gasteiger partial charge in [0.05, 0.1) is 24.3 Å². The first-order chi connectivity index (χ1) is 11.9. The molecule has 0 saturated carbocycles. The van der Waals surface area contributed by atoms with Crippen molar-refractivity contribution in [1.29, 1.82) is 0 Å². The molecule has 0 bridgehead atoms. The molecule has 1 aromatic heterocycles. The van der Waals surface area contributed by atoms with Crippen LogP contribution in [-0.4, -0.2) is 43.3 Å². The maximum atomic E-state index is 12.6. The number of aliphatic hydroxyl groups excluding tert-OH is 1. The van der Waals surface area contributed by atoms with E-state index in [1.165, 1.54) is 11.8 Å². The third-order valence-electron chi connectivity index (χ3n) is 3.97. The third-order valence-corrected chi connectivity index (χ3v) is 4.95. The molecule has 0 aliphatic carbocycles. The summed E-state index contributed by atoms with van der Waals surface area (Å²) in [5.41, 5.74) is 1.89. The lowest BCUT2D eigenvalue weighted by atomic mass is 10.2. The minimum atomic E-state index is -0.0710. The Morgan fingerprint density at radius 1 is 1.20 bits per heavy atom. The molecule has 6 heteroatoms. The number of imidazole rings is 1. The molecule has 0 aliphatic heterocycles. The Morgan fingerprint density at radius 3 is 2.40 bits per heavy atom. The van der Waals surface area contributed by atoms with Crippen LogP contribution in [0.1, 0.15) is 39.0 Å². The summed E-state index contributed by atoms with van der Waals surface area (Å²) < 4.78 is 1.97. The molecule has 0 aliphatic rings. The average molecular weight is 362 g/mol. The molecule has 0 spiro atoms. The van der Waals surface area contributed by atoms with Crippen molar-refractivity contribution in [3.63, 3.8) is 0 Å². The second-order valence-corrected chi connectivity index (χ2v) is 7.48.